The molecule has 0 radical (unpaired) electrons. The average molecular weight is 222 g/mol. The van der Waals surface area contributed by atoms with E-state index in [9.17, 15) is 0 Å². The van der Waals surface area contributed by atoms with Crippen molar-refractivity contribution in [2.24, 2.45) is 0 Å². The van der Waals surface area contributed by atoms with Gasteiger partial charge in [0, 0.05) is 19.6 Å². The quantitative estimate of drug-likeness (QED) is 0.627. The lowest BCUT2D eigenvalue weighted by Gasteiger charge is -2.07. The van der Waals surface area contributed by atoms with Crippen LogP contribution in [0.1, 0.15) is 32.3 Å². The van der Waals surface area contributed by atoms with Crippen LogP contribution in [0.15, 0.2) is 24.3 Å². The zero-order chi connectivity index (χ0) is 11.6. The van der Waals surface area contributed by atoms with Gasteiger partial charge in [0.1, 0.15) is 5.75 Å². The molecule has 0 atom stereocenters. The molecule has 0 aliphatic rings. The first-order valence-electron chi connectivity index (χ1n) is 6.16. The van der Waals surface area contributed by atoms with Crippen molar-refractivity contribution >= 4 is 0 Å². The van der Waals surface area contributed by atoms with Gasteiger partial charge in [-0.05, 0) is 31.0 Å². The summed E-state index contributed by atoms with van der Waals surface area (Å²) in [4.78, 5) is 0. The van der Waals surface area contributed by atoms with Gasteiger partial charge in [-0.15, -0.1) is 0 Å². The lowest BCUT2D eigenvalue weighted by atomic mass is 10.1. The third-order valence-corrected chi connectivity index (χ3v) is 2.37. The molecule has 0 aliphatic heterocycles. The summed E-state index contributed by atoms with van der Waals surface area (Å²) in [6, 6.07) is 8.38. The van der Waals surface area contributed by atoms with Gasteiger partial charge in [0.15, 0.2) is 0 Å². The predicted molar refractivity (Wildman–Crippen MR) is 67.0 cm³/mol. The van der Waals surface area contributed by atoms with Crippen molar-refractivity contribution in [1.82, 2.24) is 0 Å². The molecule has 1 aromatic rings. The summed E-state index contributed by atoms with van der Waals surface area (Å²) in [5.41, 5.74) is 1.38. The van der Waals surface area contributed by atoms with Gasteiger partial charge in [-0.2, -0.15) is 0 Å². The van der Waals surface area contributed by atoms with E-state index >= 15 is 0 Å². The standard InChI is InChI=1S/C14H22O2/c1-3-6-13-7-9-14(10-8-13)16-12-5-11-15-4-2/h7-10H,3-6,11-12H2,1-2H3. The Morgan fingerprint density at radius 1 is 1.00 bits per heavy atom. The van der Waals surface area contributed by atoms with Crippen molar-refractivity contribution in [2.45, 2.75) is 33.1 Å². The van der Waals surface area contributed by atoms with Crippen LogP contribution < -0.4 is 4.74 Å². The highest BCUT2D eigenvalue weighted by Crippen LogP contribution is 2.13. The van der Waals surface area contributed by atoms with Crippen molar-refractivity contribution in [3.8, 4) is 5.75 Å². The van der Waals surface area contributed by atoms with Gasteiger partial charge in [-0.25, -0.2) is 0 Å². The first-order valence-corrected chi connectivity index (χ1v) is 6.16. The smallest absolute Gasteiger partial charge is 0.119 e. The Morgan fingerprint density at radius 3 is 2.38 bits per heavy atom. The van der Waals surface area contributed by atoms with Crippen molar-refractivity contribution in [2.75, 3.05) is 19.8 Å². The largest absolute Gasteiger partial charge is 0.494 e. The van der Waals surface area contributed by atoms with Crippen LogP contribution in [0, 0.1) is 0 Å². The van der Waals surface area contributed by atoms with E-state index < -0.39 is 0 Å². The van der Waals surface area contributed by atoms with Gasteiger partial charge in [-0.3, -0.25) is 0 Å². The zero-order valence-corrected chi connectivity index (χ0v) is 10.4. The van der Waals surface area contributed by atoms with Gasteiger partial charge in [0.05, 0.1) is 6.61 Å². The Kier molecular flexibility index (Phi) is 6.66. The van der Waals surface area contributed by atoms with Crippen LogP contribution in [0.2, 0.25) is 0 Å². The number of ether oxygens (including phenoxy) is 2. The highest BCUT2D eigenvalue weighted by Gasteiger charge is 1.95. The fourth-order valence-corrected chi connectivity index (χ4v) is 1.54. The fraction of sp³-hybridized carbons (Fsp3) is 0.571. The molecule has 1 aromatic carbocycles. The minimum atomic E-state index is 0.729. The van der Waals surface area contributed by atoms with Crippen LogP contribution in [0.25, 0.3) is 0 Å². The first kappa shape index (κ1) is 13.0. The van der Waals surface area contributed by atoms with E-state index in [0.29, 0.717) is 0 Å². The minimum absolute atomic E-state index is 0.729. The summed E-state index contributed by atoms with van der Waals surface area (Å²) in [5.74, 6) is 0.955. The summed E-state index contributed by atoms with van der Waals surface area (Å²) in [7, 11) is 0. The molecule has 0 saturated carbocycles. The third kappa shape index (κ3) is 5.17. The molecule has 90 valence electrons. The lowest BCUT2D eigenvalue weighted by molar-refractivity contribution is 0.131. The van der Waals surface area contributed by atoms with Crippen molar-refractivity contribution in [3.63, 3.8) is 0 Å². The maximum absolute atomic E-state index is 5.61. The summed E-state index contributed by atoms with van der Waals surface area (Å²) < 4.78 is 10.8. The highest BCUT2D eigenvalue weighted by atomic mass is 16.5. The number of aryl methyl sites for hydroxylation is 1. The van der Waals surface area contributed by atoms with Gasteiger partial charge in [0.2, 0.25) is 0 Å². The molecule has 0 unspecified atom stereocenters. The molecule has 0 heterocycles. The van der Waals surface area contributed by atoms with Crippen LogP contribution in [-0.2, 0) is 11.2 Å². The van der Waals surface area contributed by atoms with Crippen LogP contribution in [0.4, 0.5) is 0 Å². The number of rotatable bonds is 8. The molecule has 0 aliphatic carbocycles. The van der Waals surface area contributed by atoms with Crippen LogP contribution >= 0.6 is 0 Å². The third-order valence-electron chi connectivity index (χ3n) is 2.37. The van der Waals surface area contributed by atoms with E-state index in [1.807, 2.05) is 19.1 Å². The summed E-state index contributed by atoms with van der Waals surface area (Å²) in [5, 5.41) is 0. The highest BCUT2D eigenvalue weighted by molar-refractivity contribution is 5.27. The Bertz CT molecular complexity index is 267. The second kappa shape index (κ2) is 8.17. The van der Waals surface area contributed by atoms with Crippen LogP contribution in [0.3, 0.4) is 0 Å². The van der Waals surface area contributed by atoms with Crippen LogP contribution in [-0.4, -0.2) is 19.8 Å². The SMILES string of the molecule is CCCc1ccc(OCCCOCC)cc1. The van der Waals surface area contributed by atoms with E-state index in [-0.39, 0.29) is 0 Å². The maximum atomic E-state index is 5.61. The second-order valence-corrected chi connectivity index (χ2v) is 3.79. The zero-order valence-electron chi connectivity index (χ0n) is 10.4. The summed E-state index contributed by atoms with van der Waals surface area (Å²) in [6.45, 7) is 6.49. The van der Waals surface area contributed by atoms with E-state index in [4.69, 9.17) is 9.47 Å². The van der Waals surface area contributed by atoms with E-state index in [1.165, 1.54) is 12.0 Å². The monoisotopic (exact) mass is 222 g/mol. The Hall–Kier alpha value is -1.02. The molecule has 0 spiro atoms. The van der Waals surface area contributed by atoms with Crippen LogP contribution in [0.5, 0.6) is 5.75 Å². The Labute approximate surface area is 98.6 Å². The maximum Gasteiger partial charge on any atom is 0.119 e. The van der Waals surface area contributed by atoms with Gasteiger partial charge >= 0.3 is 0 Å². The lowest BCUT2D eigenvalue weighted by Crippen LogP contribution is -2.02. The van der Waals surface area contributed by atoms with Gasteiger partial charge in [-0.1, -0.05) is 25.5 Å². The number of hydrogen-bond donors (Lipinski definition) is 0. The molecule has 0 fully saturated rings. The molecule has 0 N–H and O–H groups in total. The van der Waals surface area contributed by atoms with Gasteiger partial charge in [0.25, 0.3) is 0 Å². The predicted octanol–water partition coefficient (Wildman–Crippen LogP) is 3.44. The molecule has 2 nitrogen and oxygen atoms in total. The number of benzene rings is 1. The minimum Gasteiger partial charge on any atom is -0.494 e. The fourth-order valence-electron chi connectivity index (χ4n) is 1.54. The molecule has 1 rings (SSSR count). The number of hydrogen-bond acceptors (Lipinski definition) is 2. The molecular weight excluding hydrogens is 200 g/mol. The van der Waals surface area contributed by atoms with Crippen molar-refractivity contribution in [3.05, 3.63) is 29.8 Å². The van der Waals surface area contributed by atoms with E-state index in [1.54, 1.807) is 0 Å². The summed E-state index contributed by atoms with van der Waals surface area (Å²) in [6.07, 6.45) is 3.28. The molecule has 0 bridgehead atoms. The molecule has 16 heavy (non-hydrogen) atoms. The molecule has 0 saturated heterocycles. The molecule has 0 aromatic heterocycles. The Balaban J connectivity index is 2.21. The summed E-state index contributed by atoms with van der Waals surface area (Å²) >= 11 is 0. The molecule has 0 amide bonds. The van der Waals surface area contributed by atoms with Gasteiger partial charge < -0.3 is 9.47 Å². The van der Waals surface area contributed by atoms with Crippen molar-refractivity contribution in [1.29, 1.82) is 0 Å². The topological polar surface area (TPSA) is 18.5 Å². The van der Waals surface area contributed by atoms with E-state index in [2.05, 4.69) is 19.1 Å². The van der Waals surface area contributed by atoms with Crippen molar-refractivity contribution < 1.29 is 9.47 Å². The molecule has 2 heteroatoms. The first-order chi connectivity index (χ1) is 7.86. The normalized spacial score (nSPS) is 10.4. The average Bonchev–Trinajstić information content (AvgIpc) is 2.31. The second-order valence-electron chi connectivity index (χ2n) is 3.79. The molecular formula is C14H22O2. The Morgan fingerprint density at radius 2 is 1.75 bits per heavy atom. The van der Waals surface area contributed by atoms with E-state index in [0.717, 1.165) is 38.4 Å².